The number of ether oxygens (including phenoxy) is 3. The minimum Gasteiger partial charge on any atom is -0.462 e. The zero-order valence-electron chi connectivity index (χ0n) is 42.4. The molecule has 0 spiro atoms. The van der Waals surface area contributed by atoms with Gasteiger partial charge in [0, 0.05) is 19.3 Å². The second kappa shape index (κ2) is 53.4. The molecule has 1 atom stereocenters. The molecule has 0 rings (SSSR count). The highest BCUT2D eigenvalue weighted by Gasteiger charge is 2.19. The van der Waals surface area contributed by atoms with E-state index in [4.69, 9.17) is 14.2 Å². The molecule has 0 heterocycles. The minimum absolute atomic E-state index is 0.118. The van der Waals surface area contributed by atoms with Gasteiger partial charge in [-0.3, -0.25) is 14.4 Å². The molecular weight excluding hydrogens is 817 g/mol. The van der Waals surface area contributed by atoms with Crippen molar-refractivity contribution in [3.63, 3.8) is 0 Å². The summed E-state index contributed by atoms with van der Waals surface area (Å²) in [5, 5.41) is 0. The highest BCUT2D eigenvalue weighted by Crippen LogP contribution is 2.12. The van der Waals surface area contributed by atoms with Crippen LogP contribution in [0.2, 0.25) is 0 Å². The van der Waals surface area contributed by atoms with Gasteiger partial charge in [-0.2, -0.15) is 0 Å². The summed E-state index contributed by atoms with van der Waals surface area (Å²) in [6.07, 6.45) is 73.3. The molecule has 66 heavy (non-hydrogen) atoms. The second-order valence-corrected chi connectivity index (χ2v) is 17.0. The number of allylic oxidation sites excluding steroid dienone is 20. The molecule has 0 unspecified atom stereocenters. The van der Waals surface area contributed by atoms with Gasteiger partial charge in [0.25, 0.3) is 0 Å². The lowest BCUT2D eigenvalue weighted by atomic mass is 10.1. The molecule has 0 radical (unpaired) electrons. The maximum Gasteiger partial charge on any atom is 0.306 e. The molecule has 0 aromatic carbocycles. The van der Waals surface area contributed by atoms with Gasteiger partial charge in [-0.05, 0) is 116 Å². The van der Waals surface area contributed by atoms with Crippen molar-refractivity contribution in [2.45, 2.75) is 226 Å². The summed E-state index contributed by atoms with van der Waals surface area (Å²) in [4.78, 5) is 38.0. The standard InChI is InChI=1S/C60H96O6/c1-4-7-10-13-16-19-22-25-28-29-30-31-33-35-38-41-44-47-50-53-59(62)65-56-57(55-64-58(61)52-49-46-43-40-37-34-27-24-21-18-15-12-9-6-3)66-60(63)54-51-48-45-42-39-36-32-26-23-20-17-14-11-8-5-2/h7,10,15-20,24-28,30-32,35,38,44,47,57H,4-6,8-9,11-14,21-23,29,33-34,36-37,39-43,45-46,48-56H2,1-3H3/b10-7-,18-15-,19-16-,20-17-,27-24-,28-25-,31-30-,32-26-,38-35-,47-44-/t57-/m1/s1. The Balaban J connectivity index is 4.56. The molecule has 0 N–H and O–H groups in total. The van der Waals surface area contributed by atoms with Crippen LogP contribution in [0.15, 0.2) is 122 Å². The monoisotopic (exact) mass is 913 g/mol. The fourth-order valence-electron chi connectivity index (χ4n) is 6.69. The molecule has 372 valence electrons. The van der Waals surface area contributed by atoms with Crippen LogP contribution in [0.5, 0.6) is 0 Å². The summed E-state index contributed by atoms with van der Waals surface area (Å²) in [5.74, 6) is -1.04. The van der Waals surface area contributed by atoms with Crippen LogP contribution < -0.4 is 0 Å². The second-order valence-electron chi connectivity index (χ2n) is 17.0. The van der Waals surface area contributed by atoms with Gasteiger partial charge >= 0.3 is 17.9 Å². The van der Waals surface area contributed by atoms with Gasteiger partial charge in [0.05, 0.1) is 0 Å². The van der Waals surface area contributed by atoms with Gasteiger partial charge in [-0.1, -0.05) is 206 Å². The van der Waals surface area contributed by atoms with Gasteiger partial charge in [-0.25, -0.2) is 0 Å². The van der Waals surface area contributed by atoms with Crippen LogP contribution in [0, 0.1) is 0 Å². The van der Waals surface area contributed by atoms with Crippen molar-refractivity contribution in [3.8, 4) is 0 Å². The molecule has 0 bridgehead atoms. The Bertz CT molecular complexity index is 1420. The summed E-state index contributed by atoms with van der Waals surface area (Å²) in [7, 11) is 0. The first kappa shape index (κ1) is 61.8. The largest absolute Gasteiger partial charge is 0.462 e. The van der Waals surface area contributed by atoms with Crippen molar-refractivity contribution in [1.29, 1.82) is 0 Å². The number of carbonyl (C=O) groups excluding carboxylic acids is 3. The first-order chi connectivity index (χ1) is 32.5. The van der Waals surface area contributed by atoms with E-state index < -0.39 is 6.10 Å². The number of hydrogen-bond donors (Lipinski definition) is 0. The summed E-state index contributed by atoms with van der Waals surface area (Å²) in [6.45, 7) is 6.35. The summed E-state index contributed by atoms with van der Waals surface area (Å²) < 4.78 is 16.7. The molecule has 0 aromatic heterocycles. The Morgan fingerprint density at radius 3 is 1.06 bits per heavy atom. The maximum absolute atomic E-state index is 12.8. The van der Waals surface area contributed by atoms with Gasteiger partial charge < -0.3 is 14.2 Å². The lowest BCUT2D eigenvalue weighted by molar-refractivity contribution is -0.166. The van der Waals surface area contributed by atoms with Crippen molar-refractivity contribution in [2.75, 3.05) is 13.2 Å². The number of rotatable bonds is 46. The molecule has 0 aromatic rings. The average molecular weight is 913 g/mol. The predicted molar refractivity (Wildman–Crippen MR) is 283 cm³/mol. The molecule has 0 saturated heterocycles. The van der Waals surface area contributed by atoms with E-state index in [-0.39, 0.29) is 44.0 Å². The van der Waals surface area contributed by atoms with Crippen molar-refractivity contribution in [2.24, 2.45) is 0 Å². The molecule has 0 aliphatic rings. The van der Waals surface area contributed by atoms with E-state index in [2.05, 4.69) is 130 Å². The molecule has 6 heteroatoms. The normalized spacial score (nSPS) is 13.1. The zero-order chi connectivity index (χ0) is 47.9. The van der Waals surface area contributed by atoms with E-state index in [9.17, 15) is 14.4 Å². The van der Waals surface area contributed by atoms with Crippen molar-refractivity contribution in [3.05, 3.63) is 122 Å². The highest BCUT2D eigenvalue weighted by molar-refractivity contribution is 5.71. The lowest BCUT2D eigenvalue weighted by Crippen LogP contribution is -2.30. The molecule has 0 saturated carbocycles. The Labute approximate surface area is 405 Å². The third-order valence-corrected chi connectivity index (χ3v) is 10.7. The Morgan fingerprint density at radius 1 is 0.318 bits per heavy atom. The van der Waals surface area contributed by atoms with Crippen LogP contribution in [-0.4, -0.2) is 37.2 Å². The van der Waals surface area contributed by atoms with Gasteiger partial charge in [-0.15, -0.1) is 0 Å². The van der Waals surface area contributed by atoms with E-state index in [1.54, 1.807) is 0 Å². The highest BCUT2D eigenvalue weighted by atomic mass is 16.6. The lowest BCUT2D eigenvalue weighted by Gasteiger charge is -2.18. The van der Waals surface area contributed by atoms with E-state index in [0.29, 0.717) is 12.8 Å². The van der Waals surface area contributed by atoms with E-state index in [1.165, 1.54) is 44.9 Å². The fourth-order valence-corrected chi connectivity index (χ4v) is 6.69. The number of unbranched alkanes of at least 4 members (excludes halogenated alkanes) is 15. The van der Waals surface area contributed by atoms with Crippen LogP contribution in [-0.2, 0) is 28.6 Å². The zero-order valence-corrected chi connectivity index (χ0v) is 42.4. The van der Waals surface area contributed by atoms with Crippen LogP contribution in [0.25, 0.3) is 0 Å². The number of carbonyl (C=O) groups is 3. The first-order valence-electron chi connectivity index (χ1n) is 26.5. The first-order valence-corrected chi connectivity index (χ1v) is 26.5. The molecule has 0 aliphatic carbocycles. The summed E-state index contributed by atoms with van der Waals surface area (Å²) in [6, 6.07) is 0. The average Bonchev–Trinajstić information content (AvgIpc) is 3.31. The summed E-state index contributed by atoms with van der Waals surface area (Å²) >= 11 is 0. The van der Waals surface area contributed by atoms with Crippen LogP contribution >= 0.6 is 0 Å². The SMILES string of the molecule is CC/C=C\C/C=C\C/C=C\C/C=C\C/C=C\C/C=C\CCC(=O)OC[C@@H](COC(=O)CCCCCCC/C=C\C/C=C\CCCC)OC(=O)CCCCCCC/C=C\C/C=C\CCCCC. The molecule has 0 amide bonds. The topological polar surface area (TPSA) is 78.9 Å². The van der Waals surface area contributed by atoms with Crippen LogP contribution in [0.4, 0.5) is 0 Å². The van der Waals surface area contributed by atoms with E-state index in [0.717, 1.165) is 128 Å². The maximum atomic E-state index is 12.8. The molecular formula is C60H96O6. The minimum atomic E-state index is -0.825. The Hall–Kier alpha value is -4.19. The number of hydrogen-bond acceptors (Lipinski definition) is 6. The Kier molecular flexibility index (Phi) is 50.0. The van der Waals surface area contributed by atoms with Gasteiger partial charge in [0.15, 0.2) is 6.10 Å². The molecule has 0 fully saturated rings. The van der Waals surface area contributed by atoms with Crippen LogP contribution in [0.1, 0.15) is 220 Å². The predicted octanol–water partition coefficient (Wildman–Crippen LogP) is 17.7. The quantitative estimate of drug-likeness (QED) is 0.0262. The fraction of sp³-hybridized carbons (Fsp3) is 0.617. The van der Waals surface area contributed by atoms with Gasteiger partial charge in [0.1, 0.15) is 13.2 Å². The Morgan fingerprint density at radius 2 is 0.636 bits per heavy atom. The van der Waals surface area contributed by atoms with Crippen molar-refractivity contribution >= 4 is 17.9 Å². The summed E-state index contributed by atoms with van der Waals surface area (Å²) in [5.41, 5.74) is 0. The molecule has 0 aliphatic heterocycles. The third kappa shape index (κ3) is 50.8. The van der Waals surface area contributed by atoms with Crippen LogP contribution in [0.3, 0.4) is 0 Å². The van der Waals surface area contributed by atoms with Crippen molar-refractivity contribution < 1.29 is 28.6 Å². The molecule has 6 nitrogen and oxygen atoms in total. The smallest absolute Gasteiger partial charge is 0.306 e. The third-order valence-electron chi connectivity index (χ3n) is 10.7. The van der Waals surface area contributed by atoms with Gasteiger partial charge in [0.2, 0.25) is 0 Å². The van der Waals surface area contributed by atoms with E-state index >= 15 is 0 Å². The van der Waals surface area contributed by atoms with E-state index in [1.807, 2.05) is 12.2 Å². The van der Waals surface area contributed by atoms with Crippen molar-refractivity contribution in [1.82, 2.24) is 0 Å². The number of esters is 3.